The molecule has 0 amide bonds. The van der Waals surface area contributed by atoms with Crippen LogP contribution in [0.3, 0.4) is 0 Å². The SMILES string of the molecule is COc1ccc(-c2cc(N[C@@H](C)c3ccccc3)nc(-n3cnc4ccncc43)n2)cc1OC. The Kier molecular flexibility index (Phi) is 5.78. The summed E-state index contributed by atoms with van der Waals surface area (Å²) in [5, 5.41) is 3.51. The monoisotopic (exact) mass is 452 g/mol. The number of nitrogens with zero attached hydrogens (tertiary/aromatic N) is 5. The average molecular weight is 453 g/mol. The van der Waals surface area contributed by atoms with Crippen LogP contribution in [0.25, 0.3) is 28.2 Å². The molecule has 0 spiro atoms. The summed E-state index contributed by atoms with van der Waals surface area (Å²) in [7, 11) is 3.23. The van der Waals surface area contributed by atoms with Gasteiger partial charge in [-0.2, -0.15) is 4.98 Å². The van der Waals surface area contributed by atoms with E-state index in [1.165, 1.54) is 0 Å². The smallest absolute Gasteiger partial charge is 0.238 e. The molecule has 1 N–H and O–H groups in total. The van der Waals surface area contributed by atoms with Gasteiger partial charge in [-0.25, -0.2) is 9.97 Å². The molecular formula is C26H24N6O2. The maximum Gasteiger partial charge on any atom is 0.238 e. The lowest BCUT2D eigenvalue weighted by molar-refractivity contribution is 0.355. The number of hydrogen-bond acceptors (Lipinski definition) is 7. The molecule has 0 bridgehead atoms. The van der Waals surface area contributed by atoms with E-state index in [0.29, 0.717) is 23.3 Å². The molecule has 1 atom stereocenters. The first-order valence-corrected chi connectivity index (χ1v) is 10.9. The van der Waals surface area contributed by atoms with Gasteiger partial charge >= 0.3 is 0 Å². The molecule has 8 heteroatoms. The van der Waals surface area contributed by atoms with Gasteiger partial charge in [0.1, 0.15) is 12.1 Å². The zero-order valence-electron chi connectivity index (χ0n) is 19.1. The Hall–Kier alpha value is -4.46. The Balaban J connectivity index is 1.62. The van der Waals surface area contributed by atoms with E-state index in [0.717, 1.165) is 27.9 Å². The Bertz CT molecular complexity index is 1430. The van der Waals surface area contributed by atoms with E-state index in [9.17, 15) is 0 Å². The summed E-state index contributed by atoms with van der Waals surface area (Å²) < 4.78 is 12.7. The van der Waals surface area contributed by atoms with Gasteiger partial charge in [-0.3, -0.25) is 9.55 Å². The highest BCUT2D eigenvalue weighted by Gasteiger charge is 2.15. The van der Waals surface area contributed by atoms with Crippen molar-refractivity contribution in [1.29, 1.82) is 0 Å². The lowest BCUT2D eigenvalue weighted by atomic mass is 10.1. The van der Waals surface area contributed by atoms with Crippen LogP contribution < -0.4 is 14.8 Å². The summed E-state index contributed by atoms with van der Waals surface area (Å²) in [5.41, 5.74) is 4.42. The quantitative estimate of drug-likeness (QED) is 0.369. The molecule has 0 aliphatic carbocycles. The molecule has 0 radical (unpaired) electrons. The molecule has 8 nitrogen and oxygen atoms in total. The van der Waals surface area contributed by atoms with Crippen molar-refractivity contribution in [1.82, 2.24) is 24.5 Å². The van der Waals surface area contributed by atoms with Crippen molar-refractivity contribution in [2.24, 2.45) is 0 Å². The molecule has 5 rings (SSSR count). The number of hydrogen-bond donors (Lipinski definition) is 1. The summed E-state index contributed by atoms with van der Waals surface area (Å²) in [5.74, 6) is 2.47. The van der Waals surface area contributed by atoms with Crippen molar-refractivity contribution in [3.63, 3.8) is 0 Å². The van der Waals surface area contributed by atoms with Crippen molar-refractivity contribution in [2.45, 2.75) is 13.0 Å². The van der Waals surface area contributed by atoms with E-state index in [1.54, 1.807) is 32.9 Å². The van der Waals surface area contributed by atoms with E-state index in [1.807, 2.05) is 53.1 Å². The second kappa shape index (κ2) is 9.19. The van der Waals surface area contributed by atoms with Crippen molar-refractivity contribution >= 4 is 16.9 Å². The zero-order chi connectivity index (χ0) is 23.5. The predicted octanol–water partition coefficient (Wildman–Crippen LogP) is 5.07. The summed E-state index contributed by atoms with van der Waals surface area (Å²) >= 11 is 0. The first kappa shape index (κ1) is 21.4. The second-order valence-corrected chi connectivity index (χ2v) is 7.76. The summed E-state index contributed by atoms with van der Waals surface area (Å²) in [4.78, 5) is 18.4. The van der Waals surface area contributed by atoms with Crippen LogP contribution in [-0.2, 0) is 0 Å². The highest BCUT2D eigenvalue weighted by atomic mass is 16.5. The highest BCUT2D eigenvalue weighted by molar-refractivity contribution is 5.76. The van der Waals surface area contributed by atoms with Gasteiger partial charge in [-0.1, -0.05) is 30.3 Å². The first-order chi connectivity index (χ1) is 16.7. The summed E-state index contributed by atoms with van der Waals surface area (Å²) in [6, 6.07) is 19.8. The van der Waals surface area contributed by atoms with Crippen molar-refractivity contribution in [3.8, 4) is 28.7 Å². The molecule has 34 heavy (non-hydrogen) atoms. The fourth-order valence-corrected chi connectivity index (χ4v) is 3.82. The van der Waals surface area contributed by atoms with Crippen LogP contribution in [0, 0.1) is 0 Å². The van der Waals surface area contributed by atoms with Crippen LogP contribution in [0.2, 0.25) is 0 Å². The van der Waals surface area contributed by atoms with Gasteiger partial charge in [0.05, 0.1) is 37.1 Å². The van der Waals surface area contributed by atoms with Crippen LogP contribution in [0.5, 0.6) is 11.5 Å². The number of imidazole rings is 1. The number of aromatic nitrogens is 5. The third-order valence-electron chi connectivity index (χ3n) is 5.62. The van der Waals surface area contributed by atoms with E-state index < -0.39 is 0 Å². The Morgan fingerprint density at radius 1 is 0.912 bits per heavy atom. The molecule has 3 aromatic heterocycles. The molecule has 2 aromatic carbocycles. The molecule has 170 valence electrons. The molecule has 3 heterocycles. The van der Waals surface area contributed by atoms with Crippen LogP contribution in [0.1, 0.15) is 18.5 Å². The molecule has 0 aliphatic rings. The molecule has 0 aliphatic heterocycles. The van der Waals surface area contributed by atoms with Crippen LogP contribution in [0.4, 0.5) is 5.82 Å². The standard InChI is InChI=1S/C26H24N6O2/c1-17(18-7-5-4-6-8-18)29-25-14-21(19-9-10-23(33-2)24(13-19)34-3)30-26(31-25)32-16-28-20-11-12-27-15-22(20)32/h4-17H,1-3H3,(H,29,30,31)/t17-/m0/s1. The fraction of sp³-hybridized carbons (Fsp3) is 0.154. The van der Waals surface area contributed by atoms with Crippen LogP contribution >= 0.6 is 0 Å². The third kappa shape index (κ3) is 4.13. The van der Waals surface area contributed by atoms with Gasteiger partial charge in [-0.15, -0.1) is 0 Å². The van der Waals surface area contributed by atoms with E-state index in [-0.39, 0.29) is 6.04 Å². The molecule has 0 unspecified atom stereocenters. The van der Waals surface area contributed by atoms with Gasteiger partial charge in [0, 0.05) is 23.9 Å². The number of methoxy groups -OCH3 is 2. The van der Waals surface area contributed by atoms with Crippen molar-refractivity contribution in [3.05, 3.63) is 84.9 Å². The number of benzene rings is 2. The largest absolute Gasteiger partial charge is 0.493 e. The van der Waals surface area contributed by atoms with E-state index in [2.05, 4.69) is 34.3 Å². The minimum atomic E-state index is 0.0448. The van der Waals surface area contributed by atoms with E-state index >= 15 is 0 Å². The summed E-state index contributed by atoms with van der Waals surface area (Å²) in [6.45, 7) is 2.10. The lowest BCUT2D eigenvalue weighted by Crippen LogP contribution is -2.11. The van der Waals surface area contributed by atoms with Gasteiger partial charge in [0.2, 0.25) is 5.95 Å². The van der Waals surface area contributed by atoms with Crippen molar-refractivity contribution < 1.29 is 9.47 Å². The average Bonchev–Trinajstić information content (AvgIpc) is 3.33. The Labute approximate surface area is 197 Å². The van der Waals surface area contributed by atoms with Crippen LogP contribution in [-0.4, -0.2) is 38.7 Å². The third-order valence-corrected chi connectivity index (χ3v) is 5.62. The summed E-state index contributed by atoms with van der Waals surface area (Å²) in [6.07, 6.45) is 5.19. The number of ether oxygens (including phenoxy) is 2. The molecular weight excluding hydrogens is 428 g/mol. The lowest BCUT2D eigenvalue weighted by Gasteiger charge is -2.17. The number of nitrogens with one attached hydrogen (secondary N) is 1. The first-order valence-electron chi connectivity index (χ1n) is 10.9. The molecule has 0 saturated heterocycles. The fourth-order valence-electron chi connectivity index (χ4n) is 3.82. The van der Waals surface area contributed by atoms with E-state index in [4.69, 9.17) is 19.4 Å². The molecule has 0 fully saturated rings. The topological polar surface area (TPSA) is 87.0 Å². The number of anilines is 1. The van der Waals surface area contributed by atoms with Gasteiger partial charge in [-0.05, 0) is 36.8 Å². The minimum Gasteiger partial charge on any atom is -0.493 e. The minimum absolute atomic E-state index is 0.0448. The number of rotatable bonds is 7. The second-order valence-electron chi connectivity index (χ2n) is 7.76. The normalized spacial score (nSPS) is 11.9. The maximum atomic E-state index is 5.50. The molecule has 0 saturated carbocycles. The van der Waals surface area contributed by atoms with Crippen molar-refractivity contribution in [2.75, 3.05) is 19.5 Å². The van der Waals surface area contributed by atoms with Gasteiger partial charge in [0.15, 0.2) is 11.5 Å². The number of fused-ring (bicyclic) bond motifs is 1. The Morgan fingerprint density at radius 3 is 2.53 bits per heavy atom. The van der Waals surface area contributed by atoms with Crippen LogP contribution in [0.15, 0.2) is 79.4 Å². The number of pyridine rings is 1. The predicted molar refractivity (Wildman–Crippen MR) is 131 cm³/mol. The highest BCUT2D eigenvalue weighted by Crippen LogP contribution is 2.33. The van der Waals surface area contributed by atoms with Gasteiger partial charge < -0.3 is 14.8 Å². The van der Waals surface area contributed by atoms with Gasteiger partial charge in [0.25, 0.3) is 0 Å². The Morgan fingerprint density at radius 2 is 1.74 bits per heavy atom. The maximum absolute atomic E-state index is 5.50. The zero-order valence-corrected chi connectivity index (χ0v) is 19.1. The molecule has 5 aromatic rings.